The summed E-state index contributed by atoms with van der Waals surface area (Å²) in [7, 11) is -4.76. The van der Waals surface area contributed by atoms with Crippen LogP contribution in [0.1, 0.15) is 127 Å². The van der Waals surface area contributed by atoms with Crippen LogP contribution in [0, 0.1) is 40.4 Å². The number of hydrogen-bond donors (Lipinski definition) is 15. The van der Waals surface area contributed by atoms with Crippen molar-refractivity contribution in [2.24, 2.45) is 40.4 Å². The first-order valence-electron chi connectivity index (χ1n) is 33.2. The second-order valence-corrected chi connectivity index (χ2v) is 31.1. The molecule has 94 heavy (non-hydrogen) atoms. The third-order valence-corrected chi connectivity index (χ3v) is 24.0. The van der Waals surface area contributed by atoms with Crippen molar-refractivity contribution in [2.75, 3.05) is 13.2 Å². The van der Waals surface area contributed by atoms with Gasteiger partial charge in [0.05, 0.1) is 59.5 Å². The number of rotatable bonds is 19. The molecule has 32 heteroatoms. The first-order chi connectivity index (χ1) is 43.5. The molecule has 0 spiro atoms. The minimum atomic E-state index is -4.76. The summed E-state index contributed by atoms with van der Waals surface area (Å²) < 4.78 is 112. The molecule has 538 valence electrons. The van der Waals surface area contributed by atoms with Gasteiger partial charge in [0.2, 0.25) is 0 Å². The molecule has 4 aliphatic carbocycles. The fourth-order valence-electron chi connectivity index (χ4n) is 17.2. The summed E-state index contributed by atoms with van der Waals surface area (Å²) in [5.74, 6) is -0.127. The SMILES string of the molecule is CC(C)CCC[C@](C)(O)[C@H]1CC[C@H]2[C@@H]3C[C@H](O[C@@H]4O[C@H](C)[C@@H](O)[C@H](O[C@@H]5OC[C@@H](O[C@@H]6O[C@H](C)[C@H](O)[C@H](O)[C@H]6O[C@@H]6O[C@H](C)[C@H](O)[C@H](O[C@@H]7O[C@H](CO)[C@H](O)[C@H](O)[C@H]7O)[C@H]6O)[C@H](O)[C@H]5O[C@@H]5O[C@H](C)[C@@H](O)[C@H](O)[C@H]5O)[C@H]4O)[C@H]4C[C@@H](S(=O)(=O)[O-])CC[C@]4(C)C3=CC[C@@]21C.[Na+]. The van der Waals surface area contributed by atoms with Crippen LogP contribution in [0.15, 0.2) is 11.6 Å². The average molecular weight is 1380 g/mol. The van der Waals surface area contributed by atoms with Crippen LogP contribution >= 0.6 is 0 Å². The molecule has 38 atom stereocenters. The second kappa shape index (κ2) is 30.5. The van der Waals surface area contributed by atoms with Crippen molar-refractivity contribution in [3.63, 3.8) is 0 Å². The van der Waals surface area contributed by atoms with Gasteiger partial charge in [-0.05, 0) is 126 Å². The molecular formula is C62H103NaO30S. The molecule has 0 bridgehead atoms. The van der Waals surface area contributed by atoms with Crippen LogP contribution in [0.4, 0.5) is 0 Å². The van der Waals surface area contributed by atoms with Gasteiger partial charge < -0.3 is 138 Å². The standard InChI is InChI=1S/C62H104O30S.Na/c1-23(2)11-10-16-62(9,77)36-13-12-30-29-20-33(32-19-28(93(78,79)80)14-17-60(32,7)31(29)15-18-61(30,36)8)86-56-48(75)51(40(67)26(5)83-56)90-58-52(91-54-46(73)43(70)37(64)24(3)82-54)42(69)35(22-81-58)88-59-53(45(72)38(65)25(4)85-59)92-57-49(76)50(39(66)27(6)84-57)89-55-47(74)44(71)41(68)34(21-63)87-55;/h15,23-30,32-59,63-77H,10-14,16-22H2,1-9H3,(H,78,79,80);/q;+1/p-1/t24-,25-,26-,27-,28+,29+,30+,32-,33+,34-,35-,36+,37-,38+,39+,40-,41+,42+,43+,44+,45+,46-,47-,48-,49-,50+,51+,52-,53-,54+,55+,56+,57+,58+,59+,60-,61+,62+;/m1./s1. The Morgan fingerprint density at radius 1 is 0.574 bits per heavy atom. The molecule has 0 aromatic carbocycles. The molecule has 9 fully saturated rings. The van der Waals surface area contributed by atoms with Gasteiger partial charge in [0.25, 0.3) is 0 Å². The Morgan fingerprint density at radius 3 is 1.64 bits per heavy atom. The molecular weight excluding hydrogens is 1280 g/mol. The van der Waals surface area contributed by atoms with E-state index < -0.39 is 230 Å². The second-order valence-electron chi connectivity index (χ2n) is 29.4. The zero-order valence-corrected chi connectivity index (χ0v) is 57.9. The topological polar surface area (TPSA) is 471 Å². The van der Waals surface area contributed by atoms with Gasteiger partial charge in [-0.15, -0.1) is 0 Å². The van der Waals surface area contributed by atoms with E-state index in [4.69, 9.17) is 56.8 Å². The fraction of sp³-hybridized carbons (Fsp3) is 0.968. The first-order valence-corrected chi connectivity index (χ1v) is 34.6. The van der Waals surface area contributed by atoms with Crippen LogP contribution in [0.3, 0.4) is 0 Å². The molecule has 0 aromatic heterocycles. The maximum atomic E-state index is 12.8. The van der Waals surface area contributed by atoms with Crippen molar-refractivity contribution >= 4 is 10.1 Å². The smallest absolute Gasteiger partial charge is 0.748 e. The number of hydrogen-bond acceptors (Lipinski definition) is 30. The summed E-state index contributed by atoms with van der Waals surface area (Å²) in [5, 5.41) is 167. The summed E-state index contributed by atoms with van der Waals surface area (Å²) in [6, 6.07) is 0. The quantitative estimate of drug-likeness (QED) is 0.0325. The van der Waals surface area contributed by atoms with Crippen LogP contribution in [-0.2, 0) is 67.0 Å². The van der Waals surface area contributed by atoms with E-state index in [0.29, 0.717) is 31.6 Å². The Labute approximate surface area is 570 Å². The maximum Gasteiger partial charge on any atom is 1.00 e. The van der Waals surface area contributed by atoms with E-state index in [9.17, 15) is 89.6 Å². The van der Waals surface area contributed by atoms with Gasteiger partial charge >= 0.3 is 29.6 Å². The number of aliphatic hydroxyl groups excluding tert-OH is 14. The van der Waals surface area contributed by atoms with Gasteiger partial charge in [0, 0.05) is 5.25 Å². The Bertz CT molecular complexity index is 2630. The zero-order valence-electron chi connectivity index (χ0n) is 55.1. The van der Waals surface area contributed by atoms with Crippen LogP contribution in [0.5, 0.6) is 0 Å². The summed E-state index contributed by atoms with van der Waals surface area (Å²) in [5.41, 5.74) is -0.753. The monoisotopic (exact) mass is 1380 g/mol. The summed E-state index contributed by atoms with van der Waals surface area (Å²) in [4.78, 5) is 0. The average Bonchev–Trinajstić information content (AvgIpc) is 1.32. The minimum absolute atomic E-state index is 0. The number of fused-ring (bicyclic) bond motifs is 5. The predicted molar refractivity (Wildman–Crippen MR) is 314 cm³/mol. The molecule has 6 heterocycles. The molecule has 0 amide bonds. The van der Waals surface area contributed by atoms with Gasteiger partial charge in [-0.1, -0.05) is 52.2 Å². The van der Waals surface area contributed by atoms with Crippen molar-refractivity contribution in [3.05, 3.63) is 11.6 Å². The van der Waals surface area contributed by atoms with E-state index in [2.05, 4.69) is 33.8 Å². The Morgan fingerprint density at radius 2 is 1.06 bits per heavy atom. The van der Waals surface area contributed by atoms with E-state index in [1.807, 2.05) is 6.92 Å². The Kier molecular flexibility index (Phi) is 25.2. The largest absolute Gasteiger partial charge is 1.00 e. The van der Waals surface area contributed by atoms with Gasteiger partial charge in [-0.25, -0.2) is 8.42 Å². The normalized spacial score (nSPS) is 52.4. The predicted octanol–water partition coefficient (Wildman–Crippen LogP) is -6.27. The van der Waals surface area contributed by atoms with Crippen molar-refractivity contribution in [2.45, 2.75) is 322 Å². The fourth-order valence-corrected chi connectivity index (χ4v) is 18.0. The first kappa shape index (κ1) is 77.7. The molecule has 10 aliphatic rings. The number of aliphatic hydroxyl groups is 15. The Hall–Kier alpha value is -0.430. The van der Waals surface area contributed by atoms with E-state index in [1.165, 1.54) is 33.3 Å². The summed E-state index contributed by atoms with van der Waals surface area (Å²) in [6.07, 6.45) is -42.9. The third-order valence-electron chi connectivity index (χ3n) is 22.8. The summed E-state index contributed by atoms with van der Waals surface area (Å²) >= 11 is 0. The van der Waals surface area contributed by atoms with E-state index in [0.717, 1.165) is 25.7 Å². The van der Waals surface area contributed by atoms with E-state index in [1.54, 1.807) is 0 Å². The maximum absolute atomic E-state index is 12.8. The van der Waals surface area contributed by atoms with Crippen molar-refractivity contribution in [1.82, 2.24) is 0 Å². The molecule has 3 saturated carbocycles. The Balaban J connectivity index is 0.0000104. The van der Waals surface area contributed by atoms with Gasteiger partial charge in [-0.2, -0.15) is 0 Å². The van der Waals surface area contributed by atoms with Crippen LogP contribution in [0.25, 0.3) is 0 Å². The zero-order chi connectivity index (χ0) is 68.0. The molecule has 30 nitrogen and oxygen atoms in total. The van der Waals surface area contributed by atoms with Crippen LogP contribution in [0.2, 0.25) is 0 Å². The van der Waals surface area contributed by atoms with Crippen molar-refractivity contribution in [3.8, 4) is 0 Å². The molecule has 6 saturated heterocycles. The van der Waals surface area contributed by atoms with Gasteiger partial charge in [-0.3, -0.25) is 0 Å². The van der Waals surface area contributed by atoms with E-state index >= 15 is 0 Å². The molecule has 0 aromatic rings. The summed E-state index contributed by atoms with van der Waals surface area (Å²) in [6.45, 7) is 14.7. The molecule has 0 unspecified atom stereocenters. The van der Waals surface area contributed by atoms with Gasteiger partial charge in [0.1, 0.15) is 116 Å². The van der Waals surface area contributed by atoms with Gasteiger partial charge in [0.15, 0.2) is 37.7 Å². The third kappa shape index (κ3) is 15.2. The number of allylic oxidation sites excluding steroid dienone is 2. The molecule has 6 aliphatic heterocycles. The number of ether oxygens (including phenoxy) is 12. The van der Waals surface area contributed by atoms with Crippen molar-refractivity contribution in [1.29, 1.82) is 0 Å². The van der Waals surface area contributed by atoms with Crippen LogP contribution < -0.4 is 29.6 Å². The van der Waals surface area contributed by atoms with E-state index in [-0.39, 0.29) is 65.6 Å². The molecule has 10 rings (SSSR count). The molecule has 15 N–H and O–H groups in total. The minimum Gasteiger partial charge on any atom is -0.748 e. The van der Waals surface area contributed by atoms with Crippen LogP contribution in [-0.4, -0.2) is 298 Å². The van der Waals surface area contributed by atoms with Crippen molar-refractivity contribution < 1.29 is 176 Å². The molecule has 0 radical (unpaired) electrons.